The van der Waals surface area contributed by atoms with Gasteiger partial charge in [-0.25, -0.2) is 0 Å². The summed E-state index contributed by atoms with van der Waals surface area (Å²) >= 11 is 6.87. The molecule has 1 aliphatic heterocycles. The second kappa shape index (κ2) is 10.9. The topological polar surface area (TPSA) is 96.0 Å². The van der Waals surface area contributed by atoms with Crippen LogP contribution >= 0.6 is 11.6 Å². The van der Waals surface area contributed by atoms with Crippen molar-refractivity contribution < 1.29 is 19.7 Å². The van der Waals surface area contributed by atoms with Crippen LogP contribution in [0.3, 0.4) is 0 Å². The molecule has 0 radical (unpaired) electrons. The largest absolute Gasteiger partial charge is 0.391 e. The third kappa shape index (κ3) is 4.48. The second-order valence-electron chi connectivity index (χ2n) is 11.6. The number of carbonyl (C=O) groups excluding carboxylic acids is 1. The Bertz CT molecular complexity index is 1180. The standard InChI is InChI=1S/C31H41ClN2O4/c1-3-20-8-6-9-21(16-20)27-24(32)11-10-23-28(27)31(37,13-4-5-15-38-2)30(23)12-7-14-34(19-30)29(36)22-17-25(33)26(35)18-22/h6,8-11,16,22,25-26,35,37H,3-5,7,12-15,17-19,33H2,1-2H3/t22-,25+,26-,30+,31+/m0/s1. The highest BCUT2D eigenvalue weighted by Crippen LogP contribution is 2.64. The summed E-state index contributed by atoms with van der Waals surface area (Å²) in [5.74, 6) is -0.210. The highest BCUT2D eigenvalue weighted by Gasteiger charge is 2.64. The van der Waals surface area contributed by atoms with Crippen molar-refractivity contribution in [1.82, 2.24) is 4.90 Å². The van der Waals surface area contributed by atoms with Crippen LogP contribution in [0.4, 0.5) is 0 Å². The van der Waals surface area contributed by atoms with Gasteiger partial charge in [-0.2, -0.15) is 0 Å². The smallest absolute Gasteiger partial charge is 0.225 e. The lowest BCUT2D eigenvalue weighted by Gasteiger charge is -2.62. The molecule has 2 aliphatic carbocycles. The summed E-state index contributed by atoms with van der Waals surface area (Å²) in [7, 11) is 1.70. The normalized spacial score (nSPS) is 30.4. The number of carbonyl (C=O) groups is 1. The summed E-state index contributed by atoms with van der Waals surface area (Å²) in [6.07, 6.45) is 5.08. The maximum Gasteiger partial charge on any atom is 0.225 e. The van der Waals surface area contributed by atoms with Gasteiger partial charge in [-0.1, -0.05) is 48.9 Å². The molecule has 1 spiro atoms. The van der Waals surface area contributed by atoms with Crippen LogP contribution < -0.4 is 5.73 Å². The number of nitrogens with zero attached hydrogens (tertiary/aromatic N) is 1. The van der Waals surface area contributed by atoms with Crippen LogP contribution in [-0.2, 0) is 27.0 Å². The predicted molar refractivity (Wildman–Crippen MR) is 150 cm³/mol. The maximum absolute atomic E-state index is 13.6. The van der Waals surface area contributed by atoms with Crippen molar-refractivity contribution in [3.8, 4) is 11.1 Å². The number of methoxy groups -OCH3 is 1. The predicted octanol–water partition coefficient (Wildman–Crippen LogP) is 4.55. The third-order valence-electron chi connectivity index (χ3n) is 9.37. The van der Waals surface area contributed by atoms with E-state index >= 15 is 0 Å². The molecule has 0 aromatic heterocycles. The number of amides is 1. The van der Waals surface area contributed by atoms with Crippen molar-refractivity contribution in [3.63, 3.8) is 0 Å². The molecule has 2 fully saturated rings. The molecule has 4 N–H and O–H groups in total. The summed E-state index contributed by atoms with van der Waals surface area (Å²) in [6, 6.07) is 12.1. The minimum atomic E-state index is -1.11. The molecule has 1 saturated carbocycles. The first-order chi connectivity index (χ1) is 18.3. The number of piperidine rings is 1. The summed E-state index contributed by atoms with van der Waals surface area (Å²) in [4.78, 5) is 15.5. The lowest BCUT2D eigenvalue weighted by atomic mass is 9.47. The number of aliphatic hydroxyl groups excluding tert-OH is 1. The number of rotatable bonds is 8. The lowest BCUT2D eigenvalue weighted by Crippen LogP contribution is -2.66. The molecule has 3 aliphatic rings. The number of fused-ring (bicyclic) bond motifs is 2. The molecule has 2 aromatic rings. The Hall–Kier alpha value is -1.96. The minimum absolute atomic E-state index is 0.0519. The third-order valence-corrected chi connectivity index (χ3v) is 9.68. The fourth-order valence-corrected chi connectivity index (χ4v) is 7.60. The number of nitrogens with two attached hydrogens (primary N) is 1. The van der Waals surface area contributed by atoms with E-state index in [0.29, 0.717) is 44.0 Å². The Labute approximate surface area is 231 Å². The Kier molecular flexibility index (Phi) is 7.92. The molecule has 0 bridgehead atoms. The minimum Gasteiger partial charge on any atom is -0.391 e. The van der Waals surface area contributed by atoms with E-state index in [-0.39, 0.29) is 17.9 Å². The number of likely N-dealkylation sites (tertiary alicyclic amines) is 1. The van der Waals surface area contributed by atoms with E-state index in [1.807, 2.05) is 11.0 Å². The number of hydrogen-bond donors (Lipinski definition) is 3. The fourth-order valence-electron chi connectivity index (χ4n) is 7.33. The number of halogens is 1. The van der Waals surface area contributed by atoms with Gasteiger partial charge in [-0.05, 0) is 79.7 Å². The average Bonchev–Trinajstić information content (AvgIpc) is 3.28. The molecular weight excluding hydrogens is 500 g/mol. The van der Waals surface area contributed by atoms with Gasteiger partial charge in [0.1, 0.15) is 5.60 Å². The van der Waals surface area contributed by atoms with Gasteiger partial charge in [-0.15, -0.1) is 0 Å². The van der Waals surface area contributed by atoms with Crippen LogP contribution in [0, 0.1) is 5.92 Å². The Morgan fingerprint density at radius 3 is 2.76 bits per heavy atom. The van der Waals surface area contributed by atoms with E-state index in [0.717, 1.165) is 54.4 Å². The maximum atomic E-state index is 13.6. The van der Waals surface area contributed by atoms with Crippen molar-refractivity contribution >= 4 is 17.5 Å². The van der Waals surface area contributed by atoms with E-state index in [1.54, 1.807) is 7.11 Å². The Morgan fingerprint density at radius 2 is 2.05 bits per heavy atom. The first kappa shape index (κ1) is 27.6. The molecule has 206 valence electrons. The van der Waals surface area contributed by atoms with E-state index in [9.17, 15) is 15.0 Å². The van der Waals surface area contributed by atoms with Crippen molar-refractivity contribution in [2.24, 2.45) is 11.7 Å². The monoisotopic (exact) mass is 540 g/mol. The zero-order valence-electron chi connectivity index (χ0n) is 22.6. The number of ether oxygens (including phenoxy) is 1. The van der Waals surface area contributed by atoms with E-state index < -0.39 is 17.1 Å². The molecule has 5 rings (SSSR count). The number of aliphatic hydroxyl groups is 2. The van der Waals surface area contributed by atoms with Gasteiger partial charge < -0.3 is 25.6 Å². The Balaban J connectivity index is 1.55. The van der Waals surface area contributed by atoms with Crippen LogP contribution in [0.15, 0.2) is 36.4 Å². The van der Waals surface area contributed by atoms with Crippen LogP contribution in [-0.4, -0.2) is 60.0 Å². The summed E-state index contributed by atoms with van der Waals surface area (Å²) in [5.41, 5.74) is 9.56. The molecule has 6 nitrogen and oxygen atoms in total. The van der Waals surface area contributed by atoms with Gasteiger partial charge in [0.05, 0.1) is 6.10 Å². The van der Waals surface area contributed by atoms with Crippen LogP contribution in [0.25, 0.3) is 11.1 Å². The van der Waals surface area contributed by atoms with E-state index in [2.05, 4.69) is 37.3 Å². The van der Waals surface area contributed by atoms with Crippen LogP contribution in [0.5, 0.6) is 0 Å². The van der Waals surface area contributed by atoms with Crippen molar-refractivity contribution in [2.45, 2.75) is 81.5 Å². The quantitative estimate of drug-likeness (QED) is 0.427. The average molecular weight is 541 g/mol. The molecule has 2 aromatic carbocycles. The molecule has 38 heavy (non-hydrogen) atoms. The molecule has 1 amide bonds. The van der Waals surface area contributed by atoms with Gasteiger partial charge in [0.15, 0.2) is 0 Å². The van der Waals surface area contributed by atoms with Crippen molar-refractivity contribution in [2.75, 3.05) is 26.8 Å². The van der Waals surface area contributed by atoms with Crippen LogP contribution in [0.1, 0.15) is 68.6 Å². The van der Waals surface area contributed by atoms with Crippen molar-refractivity contribution in [1.29, 1.82) is 0 Å². The van der Waals surface area contributed by atoms with Gasteiger partial charge >= 0.3 is 0 Å². The SMILES string of the molecule is CCc1cccc(-c2c(Cl)ccc3c2[C@](O)(CCCCOC)[C@@]32CCCN(C(=O)[C@H]3C[C@@H](N)[C@@H](O)C3)C2)c1. The van der Waals surface area contributed by atoms with Gasteiger partial charge in [0.2, 0.25) is 5.91 Å². The number of benzene rings is 2. The van der Waals surface area contributed by atoms with E-state index in [1.165, 1.54) is 5.56 Å². The van der Waals surface area contributed by atoms with Gasteiger partial charge in [-0.3, -0.25) is 4.79 Å². The van der Waals surface area contributed by atoms with Crippen molar-refractivity contribution in [3.05, 3.63) is 58.1 Å². The fraction of sp³-hybridized carbons (Fsp3) is 0.581. The molecule has 1 heterocycles. The van der Waals surface area contributed by atoms with Gasteiger partial charge in [0, 0.05) is 54.8 Å². The van der Waals surface area contributed by atoms with Gasteiger partial charge in [0.25, 0.3) is 0 Å². The number of hydrogen-bond acceptors (Lipinski definition) is 5. The summed E-state index contributed by atoms with van der Waals surface area (Å²) < 4.78 is 5.29. The molecule has 7 heteroatoms. The number of unbranched alkanes of at least 4 members (excludes halogenated alkanes) is 1. The van der Waals surface area contributed by atoms with E-state index in [4.69, 9.17) is 22.1 Å². The molecule has 1 saturated heterocycles. The summed E-state index contributed by atoms with van der Waals surface area (Å²) in [6.45, 7) is 3.91. The first-order valence-corrected chi connectivity index (χ1v) is 14.5. The lowest BCUT2D eigenvalue weighted by molar-refractivity contribution is -0.149. The first-order valence-electron chi connectivity index (χ1n) is 14.1. The highest BCUT2D eigenvalue weighted by atomic mass is 35.5. The Morgan fingerprint density at radius 1 is 1.24 bits per heavy atom. The molecular formula is C31H41ClN2O4. The second-order valence-corrected chi connectivity index (χ2v) is 12.0. The zero-order chi connectivity index (χ0) is 27.1. The van der Waals surface area contributed by atoms with Crippen LogP contribution in [0.2, 0.25) is 5.02 Å². The molecule has 0 unspecified atom stereocenters. The highest BCUT2D eigenvalue weighted by molar-refractivity contribution is 6.33. The zero-order valence-corrected chi connectivity index (χ0v) is 23.3. The summed E-state index contributed by atoms with van der Waals surface area (Å²) in [5, 5.41) is 23.5. The number of aryl methyl sites for hydroxylation is 1. The molecule has 5 atom stereocenters.